The SMILES string of the molecule is C=Cc1ccccc1/C(=C\C(C)(C=C)C(C)S)OC#N. The van der Waals surface area contributed by atoms with Crippen molar-refractivity contribution in [2.24, 2.45) is 5.41 Å². The summed E-state index contributed by atoms with van der Waals surface area (Å²) < 4.78 is 5.16. The minimum absolute atomic E-state index is 0.0354. The first-order valence-electron chi connectivity index (χ1n) is 6.30. The van der Waals surface area contributed by atoms with Crippen molar-refractivity contribution in [2.45, 2.75) is 19.1 Å². The molecule has 0 saturated heterocycles. The average molecular weight is 285 g/mol. The van der Waals surface area contributed by atoms with Gasteiger partial charge in [-0.05, 0) is 11.6 Å². The van der Waals surface area contributed by atoms with Crippen LogP contribution in [0, 0.1) is 16.9 Å². The van der Waals surface area contributed by atoms with E-state index in [1.807, 2.05) is 50.3 Å². The molecule has 0 amide bonds. The summed E-state index contributed by atoms with van der Waals surface area (Å²) >= 11 is 4.49. The van der Waals surface area contributed by atoms with Gasteiger partial charge >= 0.3 is 0 Å². The van der Waals surface area contributed by atoms with Crippen molar-refractivity contribution in [1.82, 2.24) is 0 Å². The Hall–Kier alpha value is -1.92. The van der Waals surface area contributed by atoms with Crippen molar-refractivity contribution in [2.75, 3.05) is 0 Å². The molecule has 0 fully saturated rings. The highest BCUT2D eigenvalue weighted by Gasteiger charge is 2.25. The Labute approximate surface area is 126 Å². The number of nitrogens with zero attached hydrogens (tertiary/aromatic N) is 1. The van der Waals surface area contributed by atoms with E-state index in [2.05, 4.69) is 25.8 Å². The van der Waals surface area contributed by atoms with E-state index in [1.54, 1.807) is 12.3 Å². The third-order valence-electron chi connectivity index (χ3n) is 3.38. The summed E-state index contributed by atoms with van der Waals surface area (Å²) in [6.07, 6.45) is 7.16. The maximum atomic E-state index is 8.89. The topological polar surface area (TPSA) is 33.0 Å². The average Bonchev–Trinajstić information content (AvgIpc) is 2.46. The smallest absolute Gasteiger partial charge is 0.292 e. The number of rotatable bonds is 6. The van der Waals surface area contributed by atoms with Gasteiger partial charge in [0.25, 0.3) is 6.26 Å². The fraction of sp³-hybridized carbons (Fsp3) is 0.235. The van der Waals surface area contributed by atoms with Crippen LogP contribution in [-0.2, 0) is 4.74 Å². The van der Waals surface area contributed by atoms with Crippen LogP contribution in [0.3, 0.4) is 0 Å². The fourth-order valence-electron chi connectivity index (χ4n) is 1.74. The van der Waals surface area contributed by atoms with Gasteiger partial charge in [-0.15, -0.1) is 11.8 Å². The number of hydrogen-bond donors (Lipinski definition) is 1. The molecule has 0 heterocycles. The van der Waals surface area contributed by atoms with Crippen molar-refractivity contribution < 1.29 is 4.74 Å². The molecule has 0 N–H and O–H groups in total. The van der Waals surface area contributed by atoms with Crippen LogP contribution >= 0.6 is 12.6 Å². The monoisotopic (exact) mass is 285 g/mol. The fourth-order valence-corrected chi connectivity index (χ4v) is 1.92. The second-order valence-corrected chi connectivity index (χ2v) is 5.51. The minimum Gasteiger partial charge on any atom is -0.388 e. The van der Waals surface area contributed by atoms with Gasteiger partial charge in [0.1, 0.15) is 5.76 Å². The second kappa shape index (κ2) is 7.02. The summed E-state index contributed by atoms with van der Waals surface area (Å²) in [4.78, 5) is 0. The first-order chi connectivity index (χ1) is 9.48. The number of ether oxygens (including phenoxy) is 1. The standard InChI is InChI=1S/C17H19NOS/c1-5-14-9-7-8-10-15(14)16(19-12-18)11-17(4,6-2)13(3)20/h5-11,13,20H,1-2H2,3-4H3/b16-11+. The maximum Gasteiger partial charge on any atom is 0.292 e. The molecule has 2 unspecified atom stereocenters. The first-order valence-corrected chi connectivity index (χ1v) is 6.82. The summed E-state index contributed by atoms with van der Waals surface area (Å²) in [6, 6.07) is 7.63. The Morgan fingerprint density at radius 3 is 2.60 bits per heavy atom. The molecule has 1 aromatic rings. The molecule has 2 nitrogen and oxygen atoms in total. The van der Waals surface area contributed by atoms with Crippen molar-refractivity contribution in [3.63, 3.8) is 0 Å². The summed E-state index contributed by atoms with van der Waals surface area (Å²) in [7, 11) is 0. The van der Waals surface area contributed by atoms with Crippen molar-refractivity contribution >= 4 is 24.5 Å². The van der Waals surface area contributed by atoms with Gasteiger partial charge in [0.15, 0.2) is 0 Å². The third kappa shape index (κ3) is 3.55. The number of benzene rings is 1. The molecule has 1 rings (SSSR count). The Morgan fingerprint density at radius 2 is 2.10 bits per heavy atom. The van der Waals surface area contributed by atoms with Crippen LogP contribution in [0.1, 0.15) is 25.0 Å². The summed E-state index contributed by atoms with van der Waals surface area (Å²) in [6.45, 7) is 11.6. The molecule has 2 atom stereocenters. The van der Waals surface area contributed by atoms with E-state index in [1.165, 1.54) is 0 Å². The van der Waals surface area contributed by atoms with E-state index < -0.39 is 0 Å². The Morgan fingerprint density at radius 1 is 1.45 bits per heavy atom. The lowest BCUT2D eigenvalue weighted by Crippen LogP contribution is -2.21. The molecular formula is C17H19NOS. The zero-order valence-electron chi connectivity index (χ0n) is 11.8. The van der Waals surface area contributed by atoms with Crippen LogP contribution in [0.25, 0.3) is 11.8 Å². The van der Waals surface area contributed by atoms with E-state index in [0.717, 1.165) is 11.1 Å². The van der Waals surface area contributed by atoms with Crippen LogP contribution in [0.4, 0.5) is 0 Å². The lowest BCUT2D eigenvalue weighted by Gasteiger charge is -2.26. The van der Waals surface area contributed by atoms with Gasteiger partial charge in [-0.1, -0.05) is 56.8 Å². The maximum absolute atomic E-state index is 8.89. The van der Waals surface area contributed by atoms with Gasteiger partial charge in [-0.2, -0.15) is 12.6 Å². The normalized spacial score (nSPS) is 15.6. The molecule has 0 aliphatic carbocycles. The van der Waals surface area contributed by atoms with Gasteiger partial charge in [0, 0.05) is 16.2 Å². The highest BCUT2D eigenvalue weighted by Crippen LogP contribution is 2.33. The lowest BCUT2D eigenvalue weighted by atomic mass is 9.85. The highest BCUT2D eigenvalue weighted by atomic mass is 32.1. The van der Waals surface area contributed by atoms with Crippen LogP contribution < -0.4 is 0 Å². The second-order valence-electron chi connectivity index (χ2n) is 4.74. The van der Waals surface area contributed by atoms with E-state index in [4.69, 9.17) is 10.00 Å². The first kappa shape index (κ1) is 16.1. The van der Waals surface area contributed by atoms with Gasteiger partial charge < -0.3 is 4.74 Å². The highest BCUT2D eigenvalue weighted by molar-refractivity contribution is 7.81. The molecule has 0 bridgehead atoms. The van der Waals surface area contributed by atoms with Gasteiger partial charge in [-0.3, -0.25) is 0 Å². The molecule has 0 aromatic heterocycles. The van der Waals surface area contributed by atoms with Gasteiger partial charge in [-0.25, -0.2) is 0 Å². The van der Waals surface area contributed by atoms with Gasteiger partial charge in [0.05, 0.1) is 0 Å². The predicted octanol–water partition coefficient (Wildman–Crippen LogP) is 4.68. The van der Waals surface area contributed by atoms with E-state index in [9.17, 15) is 0 Å². The predicted molar refractivity (Wildman–Crippen MR) is 88.0 cm³/mol. The Bertz CT molecular complexity index is 569. The molecule has 0 aliphatic heterocycles. The quantitative estimate of drug-likeness (QED) is 0.356. The van der Waals surface area contributed by atoms with Gasteiger partial charge in [0.2, 0.25) is 0 Å². The molecule has 0 saturated carbocycles. The lowest BCUT2D eigenvalue weighted by molar-refractivity contribution is 0.446. The summed E-state index contributed by atoms with van der Waals surface area (Å²) in [5.74, 6) is 0.492. The molecule has 104 valence electrons. The number of nitriles is 1. The van der Waals surface area contributed by atoms with Crippen LogP contribution in [-0.4, -0.2) is 5.25 Å². The summed E-state index contributed by atoms with van der Waals surface area (Å²) in [5.41, 5.74) is 1.35. The molecule has 0 radical (unpaired) electrons. The van der Waals surface area contributed by atoms with Crippen LogP contribution in [0.15, 0.2) is 49.6 Å². The third-order valence-corrected chi connectivity index (χ3v) is 3.94. The zero-order chi connectivity index (χ0) is 15.2. The van der Waals surface area contributed by atoms with Crippen molar-refractivity contribution in [3.8, 4) is 6.26 Å². The van der Waals surface area contributed by atoms with Crippen molar-refractivity contribution in [3.05, 3.63) is 60.7 Å². The molecule has 0 spiro atoms. The number of thiol groups is 1. The van der Waals surface area contributed by atoms with Crippen LogP contribution in [0.2, 0.25) is 0 Å². The minimum atomic E-state index is -0.385. The van der Waals surface area contributed by atoms with E-state index >= 15 is 0 Å². The summed E-state index contributed by atoms with van der Waals surface area (Å²) in [5, 5.41) is 8.92. The van der Waals surface area contributed by atoms with E-state index in [0.29, 0.717) is 5.76 Å². The zero-order valence-corrected chi connectivity index (χ0v) is 12.7. The molecule has 1 aromatic carbocycles. The number of allylic oxidation sites excluding steroid dienone is 2. The van der Waals surface area contributed by atoms with Crippen LogP contribution in [0.5, 0.6) is 0 Å². The molecule has 3 heteroatoms. The molecule has 0 aliphatic rings. The Balaban J connectivity index is 3.41. The molecule has 20 heavy (non-hydrogen) atoms. The largest absolute Gasteiger partial charge is 0.388 e. The molecular weight excluding hydrogens is 266 g/mol. The van der Waals surface area contributed by atoms with E-state index in [-0.39, 0.29) is 10.7 Å². The number of hydrogen-bond acceptors (Lipinski definition) is 3. The Kier molecular flexibility index (Phi) is 5.66. The van der Waals surface area contributed by atoms with Crippen molar-refractivity contribution in [1.29, 1.82) is 5.26 Å².